The van der Waals surface area contributed by atoms with E-state index in [4.69, 9.17) is 9.47 Å². The SMILES string of the molecule is C=C1CC2COC(=O)C2(Cc2cccc(C(=O)OC(C)(C)C)c2)C1. The van der Waals surface area contributed by atoms with Crippen molar-refractivity contribution in [1.29, 1.82) is 0 Å². The zero-order valence-corrected chi connectivity index (χ0v) is 14.6. The highest BCUT2D eigenvalue weighted by Gasteiger charge is 2.55. The van der Waals surface area contributed by atoms with Crippen LogP contribution in [0.25, 0.3) is 0 Å². The molecule has 4 heteroatoms. The van der Waals surface area contributed by atoms with Crippen molar-refractivity contribution in [3.63, 3.8) is 0 Å². The molecule has 1 aliphatic heterocycles. The number of benzene rings is 1. The number of ether oxygens (including phenoxy) is 2. The fraction of sp³-hybridized carbons (Fsp3) is 0.500. The van der Waals surface area contributed by atoms with Crippen molar-refractivity contribution < 1.29 is 19.1 Å². The summed E-state index contributed by atoms with van der Waals surface area (Å²) in [4.78, 5) is 24.6. The molecule has 24 heavy (non-hydrogen) atoms. The third kappa shape index (κ3) is 3.10. The van der Waals surface area contributed by atoms with Gasteiger partial charge in [-0.2, -0.15) is 0 Å². The van der Waals surface area contributed by atoms with Crippen LogP contribution in [-0.2, 0) is 20.7 Å². The average Bonchev–Trinajstić information content (AvgIpc) is 2.93. The van der Waals surface area contributed by atoms with E-state index in [1.165, 1.54) is 0 Å². The molecule has 0 N–H and O–H groups in total. The molecule has 1 heterocycles. The molecule has 1 aliphatic carbocycles. The van der Waals surface area contributed by atoms with E-state index in [1.807, 2.05) is 39.0 Å². The van der Waals surface area contributed by atoms with Crippen molar-refractivity contribution in [2.24, 2.45) is 11.3 Å². The van der Waals surface area contributed by atoms with Gasteiger partial charge in [-0.05, 0) is 57.7 Å². The van der Waals surface area contributed by atoms with E-state index in [9.17, 15) is 9.59 Å². The molecule has 2 aliphatic rings. The van der Waals surface area contributed by atoms with Gasteiger partial charge in [0.05, 0.1) is 17.6 Å². The lowest BCUT2D eigenvalue weighted by atomic mass is 9.75. The van der Waals surface area contributed by atoms with Crippen LogP contribution in [0.2, 0.25) is 0 Å². The Morgan fingerprint density at radius 2 is 2.17 bits per heavy atom. The molecule has 1 saturated carbocycles. The van der Waals surface area contributed by atoms with Crippen LogP contribution in [-0.4, -0.2) is 24.1 Å². The second kappa shape index (κ2) is 5.76. The van der Waals surface area contributed by atoms with E-state index in [0.29, 0.717) is 25.0 Å². The fourth-order valence-electron chi connectivity index (χ4n) is 3.77. The number of rotatable bonds is 3. The summed E-state index contributed by atoms with van der Waals surface area (Å²) >= 11 is 0. The van der Waals surface area contributed by atoms with Crippen molar-refractivity contribution in [2.75, 3.05) is 6.61 Å². The number of esters is 2. The van der Waals surface area contributed by atoms with Gasteiger partial charge >= 0.3 is 11.9 Å². The van der Waals surface area contributed by atoms with Crippen molar-refractivity contribution in [2.45, 2.75) is 45.6 Å². The van der Waals surface area contributed by atoms with Crippen molar-refractivity contribution >= 4 is 11.9 Å². The third-order valence-corrected chi connectivity index (χ3v) is 4.79. The molecular formula is C20H24O4. The number of allylic oxidation sites excluding steroid dienone is 1. The van der Waals surface area contributed by atoms with Crippen LogP contribution in [0.3, 0.4) is 0 Å². The lowest BCUT2D eigenvalue weighted by Crippen LogP contribution is -2.31. The molecule has 1 aromatic carbocycles. The molecule has 1 saturated heterocycles. The maximum atomic E-state index is 12.4. The summed E-state index contributed by atoms with van der Waals surface area (Å²) in [6.45, 7) is 10.1. The Balaban J connectivity index is 1.83. The predicted molar refractivity (Wildman–Crippen MR) is 90.6 cm³/mol. The Hall–Kier alpha value is -2.10. The van der Waals surface area contributed by atoms with E-state index in [0.717, 1.165) is 17.6 Å². The first-order valence-electron chi connectivity index (χ1n) is 8.36. The van der Waals surface area contributed by atoms with E-state index in [1.54, 1.807) is 6.07 Å². The van der Waals surface area contributed by atoms with Gasteiger partial charge in [0.25, 0.3) is 0 Å². The Kier molecular flexibility index (Phi) is 4.02. The first-order chi connectivity index (χ1) is 11.2. The van der Waals surface area contributed by atoms with Gasteiger partial charge in [-0.1, -0.05) is 24.3 Å². The molecule has 128 valence electrons. The Morgan fingerprint density at radius 1 is 1.42 bits per heavy atom. The topological polar surface area (TPSA) is 52.6 Å². The van der Waals surface area contributed by atoms with Gasteiger partial charge in [0.1, 0.15) is 5.60 Å². The summed E-state index contributed by atoms with van der Waals surface area (Å²) in [6.07, 6.45) is 2.09. The zero-order valence-electron chi connectivity index (χ0n) is 14.6. The molecule has 2 unspecified atom stereocenters. The van der Waals surface area contributed by atoms with Crippen LogP contribution in [0, 0.1) is 11.3 Å². The minimum absolute atomic E-state index is 0.131. The molecule has 0 bridgehead atoms. The highest BCUT2D eigenvalue weighted by atomic mass is 16.6. The molecule has 0 amide bonds. The van der Waals surface area contributed by atoms with Gasteiger partial charge in [0.2, 0.25) is 0 Å². The second-order valence-electron chi connectivity index (χ2n) is 7.96. The first kappa shape index (κ1) is 16.7. The number of cyclic esters (lactones) is 1. The van der Waals surface area contributed by atoms with E-state index >= 15 is 0 Å². The molecule has 1 aromatic rings. The van der Waals surface area contributed by atoms with E-state index in [-0.39, 0.29) is 17.9 Å². The third-order valence-electron chi connectivity index (χ3n) is 4.79. The van der Waals surface area contributed by atoms with Crippen LogP contribution in [0.15, 0.2) is 36.4 Å². The zero-order chi connectivity index (χ0) is 17.5. The van der Waals surface area contributed by atoms with Crippen LogP contribution >= 0.6 is 0 Å². The Morgan fingerprint density at radius 3 is 2.88 bits per heavy atom. The first-order valence-corrected chi connectivity index (χ1v) is 8.36. The monoisotopic (exact) mass is 328 g/mol. The van der Waals surface area contributed by atoms with Crippen LogP contribution in [0.4, 0.5) is 0 Å². The lowest BCUT2D eigenvalue weighted by molar-refractivity contribution is -0.146. The summed E-state index contributed by atoms with van der Waals surface area (Å²) in [5.41, 5.74) is 1.54. The van der Waals surface area contributed by atoms with E-state index < -0.39 is 11.0 Å². The van der Waals surface area contributed by atoms with Crippen LogP contribution in [0.5, 0.6) is 0 Å². The van der Waals surface area contributed by atoms with E-state index in [2.05, 4.69) is 6.58 Å². The van der Waals surface area contributed by atoms with Gasteiger partial charge in [0.15, 0.2) is 0 Å². The lowest BCUT2D eigenvalue weighted by Gasteiger charge is -2.24. The minimum atomic E-state index is -0.532. The standard InChI is InChI=1S/C20H24O4/c1-13-8-16-12-23-18(22)20(16,10-13)11-14-6-5-7-15(9-14)17(21)24-19(2,3)4/h5-7,9,16H,1,8,10-12H2,2-4H3. The fourth-order valence-corrected chi connectivity index (χ4v) is 3.77. The maximum absolute atomic E-state index is 12.4. The number of hydrogen-bond acceptors (Lipinski definition) is 4. The van der Waals surface area contributed by atoms with Gasteiger partial charge in [-0.15, -0.1) is 0 Å². The normalized spacial score (nSPS) is 26.2. The van der Waals surface area contributed by atoms with Crippen LogP contribution in [0.1, 0.15) is 49.5 Å². The van der Waals surface area contributed by atoms with Crippen molar-refractivity contribution in [3.05, 3.63) is 47.5 Å². The second-order valence-corrected chi connectivity index (χ2v) is 7.96. The molecule has 0 radical (unpaired) electrons. The summed E-state index contributed by atoms with van der Waals surface area (Å²) in [6, 6.07) is 7.36. The van der Waals surface area contributed by atoms with Gasteiger partial charge in [0, 0.05) is 5.92 Å². The Bertz CT molecular complexity index is 698. The molecule has 3 rings (SSSR count). The highest BCUT2D eigenvalue weighted by Crippen LogP contribution is 2.52. The maximum Gasteiger partial charge on any atom is 0.338 e. The summed E-state index contributed by atoms with van der Waals surface area (Å²) in [7, 11) is 0. The van der Waals surface area contributed by atoms with Gasteiger partial charge in [-0.25, -0.2) is 4.79 Å². The molecule has 2 atom stereocenters. The smallest absolute Gasteiger partial charge is 0.338 e. The average molecular weight is 328 g/mol. The highest BCUT2D eigenvalue weighted by molar-refractivity contribution is 5.90. The molecule has 2 fully saturated rings. The number of hydrogen-bond donors (Lipinski definition) is 0. The van der Waals surface area contributed by atoms with Gasteiger partial charge < -0.3 is 9.47 Å². The molecule has 4 nitrogen and oxygen atoms in total. The number of carbonyl (C=O) groups is 2. The van der Waals surface area contributed by atoms with Gasteiger partial charge in [-0.3, -0.25) is 4.79 Å². The molecule has 0 spiro atoms. The largest absolute Gasteiger partial charge is 0.465 e. The Labute approximate surface area is 142 Å². The van der Waals surface area contributed by atoms with Crippen LogP contribution < -0.4 is 0 Å². The number of fused-ring (bicyclic) bond motifs is 1. The summed E-state index contributed by atoms with van der Waals surface area (Å²) in [5, 5.41) is 0. The van der Waals surface area contributed by atoms with Crippen molar-refractivity contribution in [1.82, 2.24) is 0 Å². The molecular weight excluding hydrogens is 304 g/mol. The number of carbonyl (C=O) groups excluding carboxylic acids is 2. The minimum Gasteiger partial charge on any atom is -0.465 e. The van der Waals surface area contributed by atoms with Crippen molar-refractivity contribution in [3.8, 4) is 0 Å². The predicted octanol–water partition coefficient (Wildman–Crippen LogP) is 3.69. The quantitative estimate of drug-likeness (QED) is 0.627. The molecule has 0 aromatic heterocycles. The summed E-state index contributed by atoms with van der Waals surface area (Å²) < 4.78 is 10.7. The summed E-state index contributed by atoms with van der Waals surface area (Å²) in [5.74, 6) is -0.278.